The SMILES string of the molecule is CC(C)C(C)CN1CC(c2ccccc2)NCC1C. The molecule has 1 aliphatic heterocycles. The maximum Gasteiger partial charge on any atom is 0.0449 e. The molecule has 19 heavy (non-hydrogen) atoms. The Morgan fingerprint density at radius 1 is 1.21 bits per heavy atom. The van der Waals surface area contributed by atoms with Crippen LogP contribution in [0.15, 0.2) is 30.3 Å². The molecule has 1 fully saturated rings. The summed E-state index contributed by atoms with van der Waals surface area (Å²) < 4.78 is 0. The highest BCUT2D eigenvalue weighted by Gasteiger charge is 2.27. The maximum atomic E-state index is 3.68. The maximum absolute atomic E-state index is 3.68. The highest BCUT2D eigenvalue weighted by atomic mass is 15.2. The first-order valence-electron chi connectivity index (χ1n) is 7.60. The van der Waals surface area contributed by atoms with Gasteiger partial charge in [-0.2, -0.15) is 0 Å². The van der Waals surface area contributed by atoms with Gasteiger partial charge >= 0.3 is 0 Å². The smallest absolute Gasteiger partial charge is 0.0449 e. The zero-order valence-corrected chi connectivity index (χ0v) is 12.8. The summed E-state index contributed by atoms with van der Waals surface area (Å²) in [5.74, 6) is 1.52. The molecule has 2 heteroatoms. The minimum absolute atomic E-state index is 0.483. The molecule has 1 N–H and O–H groups in total. The van der Waals surface area contributed by atoms with Gasteiger partial charge in [-0.15, -0.1) is 0 Å². The van der Waals surface area contributed by atoms with E-state index in [4.69, 9.17) is 0 Å². The van der Waals surface area contributed by atoms with Crippen molar-refractivity contribution >= 4 is 0 Å². The molecule has 0 spiro atoms. The zero-order chi connectivity index (χ0) is 13.8. The fourth-order valence-corrected chi connectivity index (χ4v) is 2.66. The van der Waals surface area contributed by atoms with Crippen molar-refractivity contribution < 1.29 is 0 Å². The lowest BCUT2D eigenvalue weighted by atomic mass is 9.95. The van der Waals surface area contributed by atoms with E-state index in [9.17, 15) is 0 Å². The van der Waals surface area contributed by atoms with E-state index in [1.54, 1.807) is 0 Å². The van der Waals surface area contributed by atoms with Crippen molar-refractivity contribution in [1.82, 2.24) is 10.2 Å². The van der Waals surface area contributed by atoms with Gasteiger partial charge in [0.1, 0.15) is 0 Å². The van der Waals surface area contributed by atoms with Crippen molar-refractivity contribution in [2.75, 3.05) is 19.6 Å². The van der Waals surface area contributed by atoms with Crippen LogP contribution < -0.4 is 5.32 Å². The number of benzene rings is 1. The molecule has 2 rings (SSSR count). The lowest BCUT2D eigenvalue weighted by Crippen LogP contribution is -2.52. The Labute approximate surface area is 118 Å². The van der Waals surface area contributed by atoms with E-state index in [2.05, 4.69) is 68.2 Å². The second kappa shape index (κ2) is 6.53. The third kappa shape index (κ3) is 3.80. The summed E-state index contributed by atoms with van der Waals surface area (Å²) in [6, 6.07) is 12.0. The van der Waals surface area contributed by atoms with Crippen LogP contribution in [0.5, 0.6) is 0 Å². The van der Waals surface area contributed by atoms with Crippen molar-refractivity contribution in [3.05, 3.63) is 35.9 Å². The molecule has 1 aromatic rings. The first kappa shape index (κ1) is 14.5. The summed E-state index contributed by atoms with van der Waals surface area (Å²) in [6.45, 7) is 12.8. The van der Waals surface area contributed by atoms with Gasteiger partial charge in [0.25, 0.3) is 0 Å². The summed E-state index contributed by atoms with van der Waals surface area (Å²) in [5.41, 5.74) is 1.41. The Morgan fingerprint density at radius 2 is 1.89 bits per heavy atom. The Balaban J connectivity index is 2.00. The van der Waals surface area contributed by atoms with E-state index in [0.29, 0.717) is 12.1 Å². The summed E-state index contributed by atoms with van der Waals surface area (Å²) in [4.78, 5) is 2.65. The topological polar surface area (TPSA) is 15.3 Å². The van der Waals surface area contributed by atoms with Crippen LogP contribution in [0.3, 0.4) is 0 Å². The van der Waals surface area contributed by atoms with Crippen LogP contribution in [-0.2, 0) is 0 Å². The molecule has 0 aliphatic carbocycles. The Hall–Kier alpha value is -0.860. The summed E-state index contributed by atoms with van der Waals surface area (Å²) >= 11 is 0. The molecule has 0 saturated carbocycles. The quantitative estimate of drug-likeness (QED) is 0.893. The van der Waals surface area contributed by atoms with Crippen LogP contribution in [0.2, 0.25) is 0 Å². The fourth-order valence-electron chi connectivity index (χ4n) is 2.66. The van der Waals surface area contributed by atoms with Crippen LogP contribution >= 0.6 is 0 Å². The van der Waals surface area contributed by atoms with Crippen molar-refractivity contribution in [1.29, 1.82) is 0 Å². The molecule has 1 aromatic carbocycles. The molecule has 0 aromatic heterocycles. The number of nitrogens with zero attached hydrogens (tertiary/aromatic N) is 1. The second-order valence-electron chi connectivity index (χ2n) is 6.40. The van der Waals surface area contributed by atoms with Crippen LogP contribution in [0.25, 0.3) is 0 Å². The van der Waals surface area contributed by atoms with Crippen molar-refractivity contribution in [2.45, 2.75) is 39.8 Å². The van der Waals surface area contributed by atoms with E-state index in [-0.39, 0.29) is 0 Å². The third-order valence-electron chi connectivity index (χ3n) is 4.56. The molecule has 106 valence electrons. The lowest BCUT2D eigenvalue weighted by Gasteiger charge is -2.40. The number of rotatable bonds is 4. The average Bonchev–Trinajstić information content (AvgIpc) is 2.42. The van der Waals surface area contributed by atoms with E-state index < -0.39 is 0 Å². The summed E-state index contributed by atoms with van der Waals surface area (Å²) in [6.07, 6.45) is 0. The molecular weight excluding hydrogens is 232 g/mol. The standard InChI is InChI=1S/C17H28N2/c1-13(2)14(3)11-19-12-17(18-10-15(19)4)16-8-6-5-7-9-16/h5-9,13-15,17-18H,10-12H2,1-4H3. The first-order valence-corrected chi connectivity index (χ1v) is 7.60. The Bertz CT molecular complexity index is 374. The van der Waals surface area contributed by atoms with Crippen molar-refractivity contribution in [2.24, 2.45) is 11.8 Å². The number of hydrogen-bond acceptors (Lipinski definition) is 2. The lowest BCUT2D eigenvalue weighted by molar-refractivity contribution is 0.112. The number of hydrogen-bond donors (Lipinski definition) is 1. The average molecular weight is 260 g/mol. The predicted octanol–water partition coefficient (Wildman–Crippen LogP) is 3.31. The van der Waals surface area contributed by atoms with Crippen LogP contribution in [0.4, 0.5) is 0 Å². The van der Waals surface area contributed by atoms with Gasteiger partial charge in [-0.1, -0.05) is 51.1 Å². The highest BCUT2D eigenvalue weighted by molar-refractivity contribution is 5.20. The molecule has 0 bridgehead atoms. The van der Waals surface area contributed by atoms with E-state index >= 15 is 0 Å². The zero-order valence-electron chi connectivity index (χ0n) is 12.8. The number of piperazine rings is 1. The molecule has 0 radical (unpaired) electrons. The second-order valence-corrected chi connectivity index (χ2v) is 6.40. The summed E-state index contributed by atoms with van der Waals surface area (Å²) in [5, 5.41) is 3.68. The minimum atomic E-state index is 0.483. The van der Waals surface area contributed by atoms with Crippen LogP contribution in [-0.4, -0.2) is 30.6 Å². The van der Waals surface area contributed by atoms with Gasteiger partial charge in [-0.3, -0.25) is 4.90 Å². The minimum Gasteiger partial charge on any atom is -0.307 e. The molecule has 3 unspecified atom stereocenters. The van der Waals surface area contributed by atoms with E-state index in [1.807, 2.05) is 0 Å². The Kier molecular flexibility index (Phi) is 5.00. The van der Waals surface area contributed by atoms with Gasteiger partial charge in [0.05, 0.1) is 0 Å². The highest BCUT2D eigenvalue weighted by Crippen LogP contribution is 2.22. The van der Waals surface area contributed by atoms with E-state index in [1.165, 1.54) is 12.1 Å². The van der Waals surface area contributed by atoms with Gasteiger partial charge in [-0.05, 0) is 24.3 Å². The fraction of sp³-hybridized carbons (Fsp3) is 0.647. The summed E-state index contributed by atoms with van der Waals surface area (Å²) in [7, 11) is 0. The van der Waals surface area contributed by atoms with Gasteiger partial charge in [0, 0.05) is 31.7 Å². The van der Waals surface area contributed by atoms with Gasteiger partial charge in [0.15, 0.2) is 0 Å². The third-order valence-corrected chi connectivity index (χ3v) is 4.56. The molecule has 1 saturated heterocycles. The largest absolute Gasteiger partial charge is 0.307 e. The number of nitrogens with one attached hydrogen (secondary N) is 1. The first-order chi connectivity index (χ1) is 9.08. The normalized spacial score (nSPS) is 26.6. The molecule has 2 nitrogen and oxygen atoms in total. The van der Waals surface area contributed by atoms with E-state index in [0.717, 1.165) is 24.9 Å². The molecular formula is C17H28N2. The van der Waals surface area contributed by atoms with Crippen molar-refractivity contribution in [3.8, 4) is 0 Å². The molecule has 3 atom stereocenters. The van der Waals surface area contributed by atoms with Crippen LogP contribution in [0.1, 0.15) is 39.3 Å². The van der Waals surface area contributed by atoms with Gasteiger partial charge in [-0.25, -0.2) is 0 Å². The van der Waals surface area contributed by atoms with Gasteiger partial charge in [0.2, 0.25) is 0 Å². The molecule has 1 heterocycles. The van der Waals surface area contributed by atoms with Gasteiger partial charge < -0.3 is 5.32 Å². The molecule has 1 aliphatic rings. The monoisotopic (exact) mass is 260 g/mol. The van der Waals surface area contributed by atoms with Crippen molar-refractivity contribution in [3.63, 3.8) is 0 Å². The molecule has 0 amide bonds. The van der Waals surface area contributed by atoms with Crippen LogP contribution in [0, 0.1) is 11.8 Å². The predicted molar refractivity (Wildman–Crippen MR) is 82.2 cm³/mol. The Morgan fingerprint density at radius 3 is 2.53 bits per heavy atom.